The van der Waals surface area contributed by atoms with Crippen molar-refractivity contribution >= 4 is 0 Å². The van der Waals surface area contributed by atoms with E-state index in [-0.39, 0.29) is 0 Å². The Morgan fingerprint density at radius 3 is 2.94 bits per heavy atom. The summed E-state index contributed by atoms with van der Waals surface area (Å²) < 4.78 is 26.5. The van der Waals surface area contributed by atoms with Gasteiger partial charge >= 0.3 is 5.69 Å². The number of H-pyrrole nitrogens is 1. The quantitative estimate of drug-likeness (QED) is 0.731. The minimum atomic E-state index is -2.56. The molecule has 0 radical (unpaired) electrons. The number of nitrogens with zero attached hydrogens (tertiary/aromatic N) is 1. The Hall–Kier alpha value is -1.44. The van der Waals surface area contributed by atoms with Gasteiger partial charge in [0.2, 0.25) is 0 Å². The molecule has 1 aromatic rings. The lowest BCUT2D eigenvalue weighted by molar-refractivity contribution is -0.0625. The summed E-state index contributed by atoms with van der Waals surface area (Å²) in [7, 11) is 1.41. The molecule has 100 valence electrons. The van der Waals surface area contributed by atoms with Gasteiger partial charge in [-0.25, -0.2) is 4.79 Å². The molecule has 0 amide bonds. The van der Waals surface area contributed by atoms with Gasteiger partial charge in [-0.15, -0.1) is 0 Å². The van der Waals surface area contributed by atoms with E-state index >= 15 is 0 Å². The summed E-state index contributed by atoms with van der Waals surface area (Å²) in [5, 5.41) is 9.49. The Morgan fingerprint density at radius 1 is 1.67 bits per heavy atom. The fraction of sp³-hybridized carbons (Fsp3) is 0.636. The van der Waals surface area contributed by atoms with E-state index in [9.17, 15) is 14.7 Å². The third-order valence-corrected chi connectivity index (χ3v) is 3.09. The van der Waals surface area contributed by atoms with Crippen LogP contribution < -0.4 is 11.2 Å². The number of aliphatic hydroxyl groups is 1. The summed E-state index contributed by atoms with van der Waals surface area (Å²) in [4.78, 5) is 24.9. The van der Waals surface area contributed by atoms with Gasteiger partial charge in [-0.05, 0) is 0 Å². The zero-order valence-electron chi connectivity index (χ0n) is 12.0. The van der Waals surface area contributed by atoms with Crippen molar-refractivity contribution in [1.29, 1.82) is 0 Å². The molecule has 18 heavy (non-hydrogen) atoms. The van der Waals surface area contributed by atoms with Crippen molar-refractivity contribution in [3.8, 4) is 0 Å². The molecular weight excluding hydrogens is 240 g/mol. The van der Waals surface area contributed by atoms with Gasteiger partial charge in [0.25, 0.3) is 5.56 Å². The van der Waals surface area contributed by atoms with E-state index in [0.29, 0.717) is 0 Å². The molecular formula is C11H16N2O5. The molecule has 4 atom stereocenters. The third-order valence-electron chi connectivity index (χ3n) is 3.09. The Bertz CT molecular complexity index is 593. The molecule has 1 unspecified atom stereocenters. The monoisotopic (exact) mass is 258 g/mol. The largest absolute Gasteiger partial charge is 0.394 e. The highest BCUT2D eigenvalue weighted by molar-refractivity contribution is 4.92. The predicted octanol–water partition coefficient (Wildman–Crippen LogP) is -0.923. The molecule has 7 heteroatoms. The molecule has 1 aliphatic rings. The van der Waals surface area contributed by atoms with E-state index in [1.807, 2.05) is 0 Å². The van der Waals surface area contributed by atoms with Crippen LogP contribution in [0.25, 0.3) is 0 Å². The Balaban J connectivity index is 2.41. The molecule has 1 aromatic heterocycles. The molecule has 0 saturated carbocycles. The molecule has 2 N–H and O–H groups in total. The first-order valence-corrected chi connectivity index (χ1v) is 5.48. The van der Waals surface area contributed by atoms with Gasteiger partial charge in [-0.2, -0.15) is 0 Å². The van der Waals surface area contributed by atoms with Crippen LogP contribution in [0.5, 0.6) is 0 Å². The second kappa shape index (κ2) is 5.05. The Labute approximate surface area is 106 Å². The van der Waals surface area contributed by atoms with Crippen LogP contribution in [0, 0.1) is 5.92 Å². The van der Waals surface area contributed by atoms with E-state index in [0.717, 1.165) is 10.6 Å². The molecule has 2 heterocycles. The average molecular weight is 258 g/mol. The van der Waals surface area contributed by atoms with Crippen LogP contribution in [0.4, 0.5) is 0 Å². The lowest BCUT2D eigenvalue weighted by atomic mass is 10.0. The lowest BCUT2D eigenvalue weighted by Gasteiger charge is -2.20. The minimum absolute atomic E-state index is 0.483. The van der Waals surface area contributed by atoms with Crippen molar-refractivity contribution < 1.29 is 17.3 Å². The first-order valence-electron chi connectivity index (χ1n) is 6.48. The zero-order valence-corrected chi connectivity index (χ0v) is 9.99. The van der Waals surface area contributed by atoms with E-state index in [1.165, 1.54) is 13.3 Å². The average Bonchev–Trinajstić information content (AvgIpc) is 2.65. The SMILES string of the molecule is [2H]C([2H])(O)[C@H]1O[C@@H](n2ccc(=O)[nH]c2=O)C(OC)[C@H]1C. The molecule has 1 aliphatic heterocycles. The van der Waals surface area contributed by atoms with Crippen molar-refractivity contribution in [2.45, 2.75) is 25.4 Å². The maximum Gasteiger partial charge on any atom is 0.330 e. The predicted molar refractivity (Wildman–Crippen MR) is 62.3 cm³/mol. The van der Waals surface area contributed by atoms with Gasteiger partial charge in [-0.3, -0.25) is 14.3 Å². The van der Waals surface area contributed by atoms with Crippen LogP contribution in [-0.4, -0.2) is 40.5 Å². The fourth-order valence-corrected chi connectivity index (χ4v) is 2.11. The topological polar surface area (TPSA) is 93.5 Å². The summed E-state index contributed by atoms with van der Waals surface area (Å²) in [6, 6.07) is 1.16. The number of hydrogen-bond donors (Lipinski definition) is 2. The minimum Gasteiger partial charge on any atom is -0.394 e. The standard InChI is InChI=1S/C11H16N2O5/c1-6-7(5-14)18-10(9(6)17-2)13-4-3-8(15)12-11(13)16/h3-4,6-7,9-10,14H,5H2,1-2H3,(H,12,15,16)/t6-,7+,9?,10+/m0/s1/i5D2. The van der Waals surface area contributed by atoms with Gasteiger partial charge in [0.15, 0.2) is 6.23 Å². The van der Waals surface area contributed by atoms with Crippen LogP contribution in [-0.2, 0) is 9.47 Å². The number of ether oxygens (including phenoxy) is 2. The maximum absolute atomic E-state index is 11.8. The first kappa shape index (κ1) is 10.5. The fourth-order valence-electron chi connectivity index (χ4n) is 2.11. The highest BCUT2D eigenvalue weighted by Crippen LogP contribution is 2.34. The molecule has 0 bridgehead atoms. The molecule has 7 nitrogen and oxygen atoms in total. The van der Waals surface area contributed by atoms with Crippen molar-refractivity contribution in [3.05, 3.63) is 33.1 Å². The van der Waals surface area contributed by atoms with Gasteiger partial charge in [0, 0.05) is 25.3 Å². The molecule has 1 fully saturated rings. The van der Waals surface area contributed by atoms with Gasteiger partial charge in [-0.1, -0.05) is 6.92 Å². The number of hydrogen-bond acceptors (Lipinski definition) is 5. The van der Waals surface area contributed by atoms with E-state index in [4.69, 9.17) is 12.2 Å². The molecule has 0 spiro atoms. The van der Waals surface area contributed by atoms with Crippen molar-refractivity contribution in [2.75, 3.05) is 13.7 Å². The van der Waals surface area contributed by atoms with Crippen molar-refractivity contribution in [2.24, 2.45) is 5.92 Å². The number of aromatic amines is 1. The summed E-state index contributed by atoms with van der Waals surface area (Å²) in [6.07, 6.45) is -1.45. The second-order valence-electron chi connectivity index (χ2n) is 4.15. The summed E-state index contributed by atoms with van der Waals surface area (Å²) in [5.41, 5.74) is -1.23. The Kier molecular flexibility index (Phi) is 2.94. The summed E-state index contributed by atoms with van der Waals surface area (Å²) in [6.45, 7) is -0.902. The van der Waals surface area contributed by atoms with Crippen LogP contribution >= 0.6 is 0 Å². The third kappa shape index (κ3) is 2.12. The van der Waals surface area contributed by atoms with E-state index in [1.54, 1.807) is 6.92 Å². The van der Waals surface area contributed by atoms with E-state index < -0.39 is 42.2 Å². The van der Waals surface area contributed by atoms with Crippen LogP contribution in [0.2, 0.25) is 0 Å². The zero-order chi connectivity index (χ0) is 15.1. The highest BCUT2D eigenvalue weighted by Gasteiger charge is 2.43. The van der Waals surface area contributed by atoms with Gasteiger partial charge in [0.05, 0.1) is 15.4 Å². The summed E-state index contributed by atoms with van der Waals surface area (Å²) >= 11 is 0. The maximum atomic E-state index is 11.8. The lowest BCUT2D eigenvalue weighted by Crippen LogP contribution is -2.36. The Morgan fingerprint density at radius 2 is 2.39 bits per heavy atom. The number of nitrogens with one attached hydrogen (secondary N) is 1. The van der Waals surface area contributed by atoms with E-state index in [2.05, 4.69) is 4.98 Å². The smallest absolute Gasteiger partial charge is 0.330 e. The number of aromatic nitrogens is 2. The summed E-state index contributed by atoms with van der Waals surface area (Å²) in [5.74, 6) is -0.483. The highest BCUT2D eigenvalue weighted by atomic mass is 16.6. The van der Waals surface area contributed by atoms with Crippen LogP contribution in [0.1, 0.15) is 15.9 Å². The van der Waals surface area contributed by atoms with Crippen LogP contribution in [0.3, 0.4) is 0 Å². The first-order chi connectivity index (χ1) is 9.25. The van der Waals surface area contributed by atoms with Crippen molar-refractivity contribution in [3.63, 3.8) is 0 Å². The van der Waals surface area contributed by atoms with Crippen LogP contribution in [0.15, 0.2) is 21.9 Å². The number of methoxy groups -OCH3 is 1. The molecule has 1 saturated heterocycles. The van der Waals surface area contributed by atoms with Gasteiger partial charge in [0.1, 0.15) is 6.10 Å². The molecule has 2 rings (SSSR count). The normalized spacial score (nSPS) is 34.2. The second-order valence-corrected chi connectivity index (χ2v) is 4.15. The number of rotatable bonds is 3. The molecule has 0 aliphatic carbocycles. The van der Waals surface area contributed by atoms with Crippen molar-refractivity contribution in [1.82, 2.24) is 9.55 Å². The van der Waals surface area contributed by atoms with Gasteiger partial charge < -0.3 is 14.6 Å². The molecule has 0 aromatic carbocycles.